The molecule has 0 saturated heterocycles. The van der Waals surface area contributed by atoms with E-state index in [1.807, 2.05) is 6.20 Å². The van der Waals surface area contributed by atoms with Crippen LogP contribution < -0.4 is 4.90 Å². The molecule has 1 atom stereocenters. The number of aromatic nitrogens is 2. The fourth-order valence-corrected chi connectivity index (χ4v) is 2.93. The van der Waals surface area contributed by atoms with E-state index in [1.165, 1.54) is 30.8 Å². The number of hydrogen-bond donors (Lipinski definition) is 0. The summed E-state index contributed by atoms with van der Waals surface area (Å²) in [6.45, 7) is 7.87. The lowest BCUT2D eigenvalue weighted by atomic mass is 9.88. The molecule has 0 aromatic carbocycles. The number of hydrogen-bond acceptors (Lipinski definition) is 3. The zero-order chi connectivity index (χ0) is 12.7. The topological polar surface area (TPSA) is 29.0 Å². The third kappa shape index (κ3) is 2.00. The molecule has 1 aromatic heterocycles. The zero-order valence-electron chi connectivity index (χ0n) is 11.7. The molecule has 0 bridgehead atoms. The summed E-state index contributed by atoms with van der Waals surface area (Å²) in [5.74, 6) is 2.34. The van der Waals surface area contributed by atoms with Gasteiger partial charge in [0.15, 0.2) is 5.82 Å². The van der Waals surface area contributed by atoms with Gasteiger partial charge in [0, 0.05) is 12.6 Å². The highest BCUT2D eigenvalue weighted by Crippen LogP contribution is 2.35. The van der Waals surface area contributed by atoms with Crippen molar-refractivity contribution in [3.05, 3.63) is 17.6 Å². The van der Waals surface area contributed by atoms with Crippen molar-refractivity contribution in [2.45, 2.75) is 58.4 Å². The molecule has 2 aliphatic rings. The summed E-state index contributed by atoms with van der Waals surface area (Å²) >= 11 is 0. The number of nitrogens with zero attached hydrogens (tertiary/aromatic N) is 3. The summed E-state index contributed by atoms with van der Waals surface area (Å²) in [6, 6.07) is 0.727. The van der Waals surface area contributed by atoms with Crippen LogP contribution in [0.4, 0.5) is 5.82 Å². The molecule has 0 radical (unpaired) electrons. The van der Waals surface area contributed by atoms with E-state index in [0.29, 0.717) is 11.8 Å². The predicted molar refractivity (Wildman–Crippen MR) is 74.0 cm³/mol. The van der Waals surface area contributed by atoms with E-state index in [1.54, 1.807) is 0 Å². The normalized spacial score (nSPS) is 24.0. The van der Waals surface area contributed by atoms with Crippen LogP contribution in [-0.2, 0) is 6.42 Å². The molecule has 3 nitrogen and oxygen atoms in total. The van der Waals surface area contributed by atoms with Gasteiger partial charge in [-0.25, -0.2) is 4.98 Å². The smallest absolute Gasteiger partial charge is 0.150 e. The Morgan fingerprint density at radius 1 is 1.33 bits per heavy atom. The van der Waals surface area contributed by atoms with Gasteiger partial charge in [0.1, 0.15) is 0 Å². The van der Waals surface area contributed by atoms with Crippen molar-refractivity contribution in [2.24, 2.45) is 5.92 Å². The van der Waals surface area contributed by atoms with E-state index in [-0.39, 0.29) is 0 Å². The summed E-state index contributed by atoms with van der Waals surface area (Å²) in [5.41, 5.74) is 2.36. The van der Waals surface area contributed by atoms with Crippen LogP contribution in [0.5, 0.6) is 0 Å². The first-order valence-corrected chi connectivity index (χ1v) is 7.27. The average Bonchev–Trinajstić information content (AvgIpc) is 2.25. The van der Waals surface area contributed by atoms with Crippen LogP contribution in [0.2, 0.25) is 0 Å². The minimum absolute atomic E-state index is 0.470. The molecule has 0 spiro atoms. The van der Waals surface area contributed by atoms with Gasteiger partial charge in [0.2, 0.25) is 0 Å². The number of fused-ring (bicyclic) bond motifs is 1. The summed E-state index contributed by atoms with van der Waals surface area (Å²) in [5, 5.41) is 0. The lowest BCUT2D eigenvalue weighted by Crippen LogP contribution is -2.46. The summed E-state index contributed by atoms with van der Waals surface area (Å²) in [6.07, 6.45) is 7.11. The largest absolute Gasteiger partial charge is 0.352 e. The van der Waals surface area contributed by atoms with Crippen molar-refractivity contribution in [3.63, 3.8) is 0 Å². The Labute approximate surface area is 110 Å². The highest BCUT2D eigenvalue weighted by molar-refractivity contribution is 5.48. The van der Waals surface area contributed by atoms with Gasteiger partial charge in [-0.1, -0.05) is 20.8 Å². The van der Waals surface area contributed by atoms with Gasteiger partial charge in [0.05, 0.1) is 17.6 Å². The minimum Gasteiger partial charge on any atom is -0.352 e. The molecule has 98 valence electrons. The van der Waals surface area contributed by atoms with Gasteiger partial charge in [0.25, 0.3) is 0 Å². The van der Waals surface area contributed by atoms with Crippen LogP contribution in [-0.4, -0.2) is 22.6 Å². The molecule has 2 heterocycles. The molecule has 1 aliphatic carbocycles. The van der Waals surface area contributed by atoms with Crippen molar-refractivity contribution in [1.29, 1.82) is 0 Å². The van der Waals surface area contributed by atoms with E-state index in [4.69, 9.17) is 9.97 Å². The van der Waals surface area contributed by atoms with Crippen molar-refractivity contribution in [1.82, 2.24) is 9.97 Å². The number of rotatable bonds is 2. The molecule has 0 N–H and O–H groups in total. The van der Waals surface area contributed by atoms with E-state index in [9.17, 15) is 0 Å². The zero-order valence-corrected chi connectivity index (χ0v) is 11.7. The van der Waals surface area contributed by atoms with Crippen LogP contribution in [0.15, 0.2) is 6.20 Å². The van der Waals surface area contributed by atoms with Gasteiger partial charge < -0.3 is 4.90 Å². The molecular weight excluding hydrogens is 222 g/mol. The summed E-state index contributed by atoms with van der Waals surface area (Å²) in [7, 11) is 0. The highest BCUT2D eigenvalue weighted by atomic mass is 15.2. The maximum atomic E-state index is 4.85. The van der Waals surface area contributed by atoms with E-state index in [2.05, 4.69) is 25.7 Å². The van der Waals surface area contributed by atoms with Crippen molar-refractivity contribution in [2.75, 3.05) is 11.4 Å². The van der Waals surface area contributed by atoms with Crippen molar-refractivity contribution < 1.29 is 0 Å². The summed E-state index contributed by atoms with van der Waals surface area (Å²) < 4.78 is 0. The first-order valence-electron chi connectivity index (χ1n) is 7.27. The number of anilines is 1. The first-order chi connectivity index (χ1) is 8.65. The second-order valence-corrected chi connectivity index (χ2v) is 6.27. The molecule has 3 rings (SSSR count). The fourth-order valence-electron chi connectivity index (χ4n) is 2.93. The fraction of sp³-hybridized carbons (Fsp3) is 0.733. The Balaban J connectivity index is 1.95. The van der Waals surface area contributed by atoms with E-state index < -0.39 is 0 Å². The third-order valence-corrected chi connectivity index (χ3v) is 4.27. The quantitative estimate of drug-likeness (QED) is 0.801. The third-order valence-electron chi connectivity index (χ3n) is 4.27. The first kappa shape index (κ1) is 11.9. The SMILES string of the molecule is CC1Cc2nc(C(C)C)cnc2N(C2CCC2)C1. The van der Waals surface area contributed by atoms with Gasteiger partial charge >= 0.3 is 0 Å². The Bertz CT molecular complexity index is 437. The highest BCUT2D eigenvalue weighted by Gasteiger charge is 2.32. The van der Waals surface area contributed by atoms with E-state index >= 15 is 0 Å². The minimum atomic E-state index is 0.470. The van der Waals surface area contributed by atoms with Crippen LogP contribution >= 0.6 is 0 Å². The average molecular weight is 245 g/mol. The van der Waals surface area contributed by atoms with Crippen LogP contribution in [0.25, 0.3) is 0 Å². The second kappa shape index (κ2) is 4.52. The Hall–Kier alpha value is -1.12. The van der Waals surface area contributed by atoms with Gasteiger partial charge in [-0.3, -0.25) is 4.98 Å². The lowest BCUT2D eigenvalue weighted by molar-refractivity contribution is 0.354. The Morgan fingerprint density at radius 2 is 2.11 bits per heavy atom. The lowest BCUT2D eigenvalue weighted by Gasteiger charge is -2.43. The van der Waals surface area contributed by atoms with Crippen LogP contribution in [0, 0.1) is 5.92 Å². The Morgan fingerprint density at radius 3 is 2.72 bits per heavy atom. The van der Waals surface area contributed by atoms with Gasteiger partial charge in [-0.05, 0) is 37.5 Å². The molecular formula is C15H23N3. The van der Waals surface area contributed by atoms with Crippen molar-refractivity contribution >= 4 is 5.82 Å². The molecule has 1 aromatic rings. The molecule has 18 heavy (non-hydrogen) atoms. The second-order valence-electron chi connectivity index (χ2n) is 6.27. The Kier molecular flexibility index (Phi) is 3.00. The van der Waals surface area contributed by atoms with Crippen molar-refractivity contribution in [3.8, 4) is 0 Å². The molecule has 1 aliphatic heterocycles. The molecule has 1 saturated carbocycles. The molecule has 1 unspecified atom stereocenters. The van der Waals surface area contributed by atoms with Gasteiger partial charge in [-0.15, -0.1) is 0 Å². The van der Waals surface area contributed by atoms with Crippen LogP contribution in [0.1, 0.15) is 57.3 Å². The maximum absolute atomic E-state index is 4.85. The predicted octanol–water partition coefficient (Wildman–Crippen LogP) is 3.15. The molecule has 1 fully saturated rings. The molecule has 0 amide bonds. The van der Waals surface area contributed by atoms with E-state index in [0.717, 1.165) is 24.7 Å². The maximum Gasteiger partial charge on any atom is 0.150 e. The monoisotopic (exact) mass is 245 g/mol. The van der Waals surface area contributed by atoms with Crippen LogP contribution in [0.3, 0.4) is 0 Å². The summed E-state index contributed by atoms with van der Waals surface area (Å²) in [4.78, 5) is 12.1. The standard InChI is InChI=1S/C15H23N3/c1-10(2)14-8-16-15-13(17-14)7-11(3)9-18(15)12-5-4-6-12/h8,10-12H,4-7,9H2,1-3H3. The van der Waals surface area contributed by atoms with Gasteiger partial charge in [-0.2, -0.15) is 0 Å². The molecule has 3 heteroatoms.